The van der Waals surface area contributed by atoms with Crippen molar-refractivity contribution >= 4 is 35.3 Å². The van der Waals surface area contributed by atoms with Crippen LogP contribution >= 0.6 is 18.9 Å². The molecule has 1 saturated carbocycles. The molecule has 0 radical (unpaired) electrons. The molecule has 2 heteroatoms. The fraction of sp³-hybridized carbons (Fsp3) is 1.00. The maximum atomic E-state index is 2.68. The van der Waals surface area contributed by atoms with E-state index in [4.69, 9.17) is 0 Å². The Kier molecular flexibility index (Phi) is 5.79. The first-order valence-electron chi connectivity index (χ1n) is 4.89. The van der Waals surface area contributed by atoms with E-state index in [2.05, 4.69) is 25.8 Å². The van der Waals surface area contributed by atoms with Crippen LogP contribution < -0.4 is 0 Å². The normalized spacial score (nSPS) is 33.6. The van der Waals surface area contributed by atoms with E-state index in [1.807, 2.05) is 0 Å². The highest BCUT2D eigenvalue weighted by Gasteiger charge is 2.14. The van der Waals surface area contributed by atoms with Gasteiger partial charge in [0.05, 0.1) is 0 Å². The third-order valence-electron chi connectivity index (χ3n) is 2.85. The van der Waals surface area contributed by atoms with E-state index in [0.29, 0.717) is 0 Å². The molecule has 0 saturated heterocycles. The SMILES string of the molecule is CC1CCCC[CH]([Mg][I])CC1. The zero-order valence-electron chi connectivity index (χ0n) is 7.48. The van der Waals surface area contributed by atoms with Gasteiger partial charge in [-0.05, 0) is 5.92 Å². The summed E-state index contributed by atoms with van der Waals surface area (Å²) in [7, 11) is 0. The van der Waals surface area contributed by atoms with Crippen molar-refractivity contribution < 1.29 is 0 Å². The van der Waals surface area contributed by atoms with Crippen molar-refractivity contribution in [2.45, 2.75) is 49.5 Å². The lowest BCUT2D eigenvalue weighted by Gasteiger charge is -2.21. The van der Waals surface area contributed by atoms with E-state index in [1.54, 1.807) is 12.8 Å². The largest absolute Gasteiger partial charge is 0.467 e. The monoisotopic (exact) mass is 276 g/mol. The first kappa shape index (κ1) is 10.6. The van der Waals surface area contributed by atoms with Gasteiger partial charge in [0.25, 0.3) is 0 Å². The van der Waals surface area contributed by atoms with Gasteiger partial charge in [-0.15, -0.1) is 4.05 Å². The minimum atomic E-state index is 0.278. The summed E-state index contributed by atoms with van der Waals surface area (Å²) in [4.78, 5) is 0. The van der Waals surface area contributed by atoms with Gasteiger partial charge in [0.15, 0.2) is 0 Å². The highest BCUT2D eigenvalue weighted by molar-refractivity contribution is 14.1. The van der Waals surface area contributed by atoms with Crippen LogP contribution in [-0.4, -0.2) is 16.5 Å². The molecule has 0 N–H and O–H groups in total. The molecule has 2 unspecified atom stereocenters. The third-order valence-corrected chi connectivity index (χ3v) is 7.84. The molecule has 1 fully saturated rings. The van der Waals surface area contributed by atoms with E-state index in [0.717, 1.165) is 5.92 Å². The van der Waals surface area contributed by atoms with Gasteiger partial charge in [-0.1, -0.05) is 45.4 Å². The maximum Gasteiger partial charge on any atom is 0.467 e. The van der Waals surface area contributed by atoms with Crippen molar-refractivity contribution in [2.24, 2.45) is 5.92 Å². The predicted molar refractivity (Wildman–Crippen MR) is 60.4 cm³/mol. The van der Waals surface area contributed by atoms with Crippen LogP contribution in [0.15, 0.2) is 0 Å². The summed E-state index contributed by atoms with van der Waals surface area (Å²) in [6.07, 6.45) is 9.14. The average Bonchev–Trinajstić information content (AvgIpc) is 1.98. The van der Waals surface area contributed by atoms with Crippen molar-refractivity contribution in [1.29, 1.82) is 0 Å². The van der Waals surface area contributed by atoms with Crippen molar-refractivity contribution in [3.63, 3.8) is 0 Å². The van der Waals surface area contributed by atoms with Gasteiger partial charge in [0.1, 0.15) is 0 Å². The molecule has 0 bridgehead atoms. The van der Waals surface area contributed by atoms with Crippen molar-refractivity contribution in [2.75, 3.05) is 0 Å². The van der Waals surface area contributed by atoms with E-state index in [9.17, 15) is 0 Å². The van der Waals surface area contributed by atoms with Gasteiger partial charge in [-0.3, -0.25) is 0 Å². The minimum absolute atomic E-state index is 0.278. The fourth-order valence-corrected chi connectivity index (χ4v) is 5.36. The molecular formula is C9H17IMg. The molecule has 0 aromatic rings. The summed E-state index contributed by atoms with van der Waals surface area (Å²) in [6, 6.07) is 0. The van der Waals surface area contributed by atoms with Gasteiger partial charge < -0.3 is 18.9 Å². The van der Waals surface area contributed by atoms with Crippen LogP contribution in [0.25, 0.3) is 0 Å². The van der Waals surface area contributed by atoms with Gasteiger partial charge in [0.2, 0.25) is 0 Å². The Hall–Kier alpha value is 1.50. The molecule has 0 aromatic carbocycles. The van der Waals surface area contributed by atoms with E-state index >= 15 is 0 Å². The number of halogens is 1. The summed E-state index contributed by atoms with van der Waals surface area (Å²) in [5.74, 6) is 1.02. The van der Waals surface area contributed by atoms with Crippen LogP contribution in [-0.2, 0) is 0 Å². The lowest BCUT2D eigenvalue weighted by atomic mass is 9.92. The van der Waals surface area contributed by atoms with Crippen LogP contribution in [0.3, 0.4) is 0 Å². The Morgan fingerprint density at radius 2 is 1.82 bits per heavy atom. The standard InChI is InChI=1S/C9H17.HI.Mg/c1-9-7-5-3-2-4-6-8-9;;/h3,9H,2,4-8H2,1H3;1H;/q;;+1/p-1. The Morgan fingerprint density at radius 3 is 2.55 bits per heavy atom. The van der Waals surface area contributed by atoms with E-state index in [1.165, 1.54) is 29.7 Å². The van der Waals surface area contributed by atoms with Gasteiger partial charge >= 0.3 is 16.5 Å². The fourth-order valence-electron chi connectivity index (χ4n) is 1.89. The molecule has 62 valence electrons. The molecule has 11 heavy (non-hydrogen) atoms. The summed E-state index contributed by atoms with van der Waals surface area (Å²) < 4.78 is 1.18. The molecule has 1 aliphatic carbocycles. The lowest BCUT2D eigenvalue weighted by Crippen LogP contribution is -2.06. The smallest absolute Gasteiger partial charge is 0.301 e. The van der Waals surface area contributed by atoms with Crippen molar-refractivity contribution in [3.05, 3.63) is 0 Å². The Balaban J connectivity index is 2.25. The molecule has 1 rings (SSSR count). The zero-order valence-corrected chi connectivity index (χ0v) is 11.1. The average molecular weight is 276 g/mol. The number of hydrogen-bond donors (Lipinski definition) is 0. The molecule has 2 atom stereocenters. The van der Waals surface area contributed by atoms with Crippen molar-refractivity contribution in [3.8, 4) is 0 Å². The molecule has 0 amide bonds. The van der Waals surface area contributed by atoms with Gasteiger partial charge in [0, 0.05) is 0 Å². The first-order chi connectivity index (χ1) is 5.33. The second kappa shape index (κ2) is 6.03. The summed E-state index contributed by atoms with van der Waals surface area (Å²) in [5.41, 5.74) is 0. The summed E-state index contributed by atoms with van der Waals surface area (Å²) >= 11 is 2.96. The number of hydrogen-bond acceptors (Lipinski definition) is 0. The quantitative estimate of drug-likeness (QED) is 0.504. The second-order valence-corrected chi connectivity index (χ2v) is 8.09. The second-order valence-electron chi connectivity index (χ2n) is 3.99. The van der Waals surface area contributed by atoms with Gasteiger partial charge in [-0.2, -0.15) is 0 Å². The summed E-state index contributed by atoms with van der Waals surface area (Å²) in [6.45, 7) is 2.43. The predicted octanol–water partition coefficient (Wildman–Crippen LogP) is 3.82. The molecule has 0 heterocycles. The number of rotatable bonds is 1. The van der Waals surface area contributed by atoms with Crippen LogP contribution in [0, 0.1) is 5.92 Å². The minimum Gasteiger partial charge on any atom is -0.301 e. The lowest BCUT2D eigenvalue weighted by molar-refractivity contribution is 0.404. The van der Waals surface area contributed by atoms with Crippen molar-refractivity contribution in [1.82, 2.24) is 0 Å². The Morgan fingerprint density at radius 1 is 1.09 bits per heavy atom. The van der Waals surface area contributed by atoms with Crippen LogP contribution in [0.1, 0.15) is 45.4 Å². The van der Waals surface area contributed by atoms with Crippen LogP contribution in [0.2, 0.25) is 4.05 Å². The molecule has 0 aromatic heterocycles. The first-order valence-corrected chi connectivity index (χ1v) is 10.8. The molecule has 0 aliphatic heterocycles. The summed E-state index contributed by atoms with van der Waals surface area (Å²) in [5, 5.41) is 0. The topological polar surface area (TPSA) is 0 Å². The van der Waals surface area contributed by atoms with E-state index in [-0.39, 0.29) is 16.5 Å². The molecule has 1 aliphatic rings. The van der Waals surface area contributed by atoms with Gasteiger partial charge in [-0.25, -0.2) is 0 Å². The molecule has 0 nitrogen and oxygen atoms in total. The third kappa shape index (κ3) is 4.32. The van der Waals surface area contributed by atoms with E-state index < -0.39 is 0 Å². The zero-order chi connectivity index (χ0) is 8.10. The van der Waals surface area contributed by atoms with Crippen LogP contribution in [0.4, 0.5) is 0 Å². The van der Waals surface area contributed by atoms with Crippen LogP contribution in [0.5, 0.6) is 0 Å². The molecular weight excluding hydrogens is 259 g/mol. The maximum absolute atomic E-state index is 2.68. The Bertz CT molecular complexity index is 106. The highest BCUT2D eigenvalue weighted by Crippen LogP contribution is 2.29. The highest BCUT2D eigenvalue weighted by atomic mass is 127. The Labute approximate surface area is 90.0 Å². The molecule has 0 spiro atoms.